The molecular weight excluding hydrogens is 266 g/mol. The fraction of sp³-hybridized carbons (Fsp3) is 0.429. The van der Waals surface area contributed by atoms with Crippen LogP contribution in [0.3, 0.4) is 0 Å². The minimum Gasteiger partial charge on any atom is -0.480 e. The van der Waals surface area contributed by atoms with E-state index in [9.17, 15) is 14.7 Å². The predicted molar refractivity (Wildman–Crippen MR) is 74.5 cm³/mol. The number of carbonyl (C=O) groups excluding carboxylic acids is 1. The smallest absolute Gasteiger partial charge is 0.326 e. The quantitative estimate of drug-likeness (QED) is 0.896. The Morgan fingerprint density at radius 3 is 2.37 bits per heavy atom. The summed E-state index contributed by atoms with van der Waals surface area (Å²) in [7, 11) is 0. The minimum absolute atomic E-state index is 0.392. The SMILES string of the molecule is Cc1c(Cl)cccc1C(=O)N[C@H](C(=O)O)C(C)(C)C. The fourth-order valence-electron chi connectivity index (χ4n) is 1.71. The van der Waals surface area contributed by atoms with Crippen LogP contribution in [0.2, 0.25) is 5.02 Å². The molecule has 1 atom stereocenters. The molecule has 1 aromatic carbocycles. The van der Waals surface area contributed by atoms with Gasteiger partial charge in [0.05, 0.1) is 0 Å². The van der Waals surface area contributed by atoms with Crippen molar-refractivity contribution in [3.05, 3.63) is 34.3 Å². The zero-order chi connectivity index (χ0) is 14.8. The first kappa shape index (κ1) is 15.5. The standard InChI is InChI=1S/C14H18ClNO3/c1-8-9(6-5-7-10(8)15)12(17)16-11(13(18)19)14(2,3)4/h5-7,11H,1-4H3,(H,16,17)(H,18,19)/t11-/m1/s1. The van der Waals surface area contributed by atoms with E-state index in [0.717, 1.165) is 0 Å². The summed E-state index contributed by atoms with van der Waals surface area (Å²) in [5.74, 6) is -1.48. The summed E-state index contributed by atoms with van der Waals surface area (Å²) in [6.07, 6.45) is 0. The Kier molecular flexibility index (Phi) is 4.58. The number of rotatable bonds is 3. The molecule has 0 saturated carbocycles. The second kappa shape index (κ2) is 5.61. The zero-order valence-corrected chi connectivity index (χ0v) is 12.2. The van der Waals surface area contributed by atoms with Gasteiger partial charge in [-0.15, -0.1) is 0 Å². The van der Waals surface area contributed by atoms with Gasteiger partial charge in [-0.2, -0.15) is 0 Å². The van der Waals surface area contributed by atoms with Gasteiger partial charge in [-0.3, -0.25) is 4.79 Å². The minimum atomic E-state index is -1.06. The second-order valence-electron chi connectivity index (χ2n) is 5.52. The molecule has 1 amide bonds. The number of halogens is 1. The van der Waals surface area contributed by atoms with Crippen LogP contribution in [0.25, 0.3) is 0 Å². The number of carboxylic acids is 1. The maximum absolute atomic E-state index is 12.1. The largest absolute Gasteiger partial charge is 0.480 e. The average Bonchev–Trinajstić information content (AvgIpc) is 2.27. The van der Waals surface area contributed by atoms with Gasteiger partial charge in [-0.25, -0.2) is 4.79 Å². The average molecular weight is 284 g/mol. The first-order valence-electron chi connectivity index (χ1n) is 5.93. The molecule has 0 aliphatic carbocycles. The molecular formula is C14H18ClNO3. The van der Waals surface area contributed by atoms with Crippen LogP contribution >= 0.6 is 11.6 Å². The predicted octanol–water partition coefficient (Wildman–Crippen LogP) is 2.88. The summed E-state index contributed by atoms with van der Waals surface area (Å²) in [5, 5.41) is 12.2. The molecule has 0 spiro atoms. The van der Waals surface area contributed by atoms with E-state index >= 15 is 0 Å². The molecule has 0 saturated heterocycles. The highest BCUT2D eigenvalue weighted by Crippen LogP contribution is 2.22. The Labute approximate surface area is 117 Å². The maximum atomic E-state index is 12.1. The number of hydrogen-bond acceptors (Lipinski definition) is 2. The topological polar surface area (TPSA) is 66.4 Å². The number of amides is 1. The van der Waals surface area contributed by atoms with Crippen molar-refractivity contribution < 1.29 is 14.7 Å². The van der Waals surface area contributed by atoms with E-state index in [1.165, 1.54) is 0 Å². The van der Waals surface area contributed by atoms with E-state index in [1.807, 2.05) is 0 Å². The highest BCUT2D eigenvalue weighted by atomic mass is 35.5. The van der Waals surface area contributed by atoms with Gasteiger partial charge in [-0.05, 0) is 30.0 Å². The first-order valence-corrected chi connectivity index (χ1v) is 6.31. The zero-order valence-electron chi connectivity index (χ0n) is 11.5. The van der Waals surface area contributed by atoms with Crippen molar-refractivity contribution in [3.8, 4) is 0 Å². The van der Waals surface area contributed by atoms with Crippen LogP contribution in [-0.2, 0) is 4.79 Å². The van der Waals surface area contributed by atoms with Crippen molar-refractivity contribution >= 4 is 23.5 Å². The van der Waals surface area contributed by atoms with Crippen LogP contribution in [0.4, 0.5) is 0 Å². The summed E-state index contributed by atoms with van der Waals surface area (Å²) < 4.78 is 0. The Morgan fingerprint density at radius 1 is 1.32 bits per heavy atom. The lowest BCUT2D eigenvalue weighted by atomic mass is 9.86. The molecule has 0 aliphatic heterocycles. The number of benzene rings is 1. The fourth-order valence-corrected chi connectivity index (χ4v) is 1.89. The summed E-state index contributed by atoms with van der Waals surface area (Å²) in [5.41, 5.74) is 0.455. The van der Waals surface area contributed by atoms with Gasteiger partial charge in [0, 0.05) is 10.6 Å². The van der Waals surface area contributed by atoms with Crippen LogP contribution in [0, 0.1) is 12.3 Å². The first-order chi connectivity index (χ1) is 8.64. The summed E-state index contributed by atoms with van der Waals surface area (Å²) in [4.78, 5) is 23.4. The highest BCUT2D eigenvalue weighted by Gasteiger charge is 2.33. The molecule has 0 aromatic heterocycles. The van der Waals surface area contributed by atoms with Gasteiger partial charge in [0.2, 0.25) is 0 Å². The van der Waals surface area contributed by atoms with Gasteiger partial charge in [0.25, 0.3) is 5.91 Å². The maximum Gasteiger partial charge on any atom is 0.326 e. The van der Waals surface area contributed by atoms with Gasteiger partial charge >= 0.3 is 5.97 Å². The van der Waals surface area contributed by atoms with Crippen molar-refractivity contribution in [1.29, 1.82) is 0 Å². The molecule has 1 rings (SSSR count). The monoisotopic (exact) mass is 283 g/mol. The number of nitrogens with one attached hydrogen (secondary N) is 1. The van der Waals surface area contributed by atoms with E-state index in [2.05, 4.69) is 5.32 Å². The van der Waals surface area contributed by atoms with Gasteiger partial charge in [0.1, 0.15) is 6.04 Å². The van der Waals surface area contributed by atoms with Crippen molar-refractivity contribution in [1.82, 2.24) is 5.32 Å². The van der Waals surface area contributed by atoms with Crippen molar-refractivity contribution in [2.75, 3.05) is 0 Å². The van der Waals surface area contributed by atoms with Crippen LogP contribution in [0.5, 0.6) is 0 Å². The Morgan fingerprint density at radius 2 is 1.89 bits per heavy atom. The van der Waals surface area contributed by atoms with Crippen molar-refractivity contribution in [3.63, 3.8) is 0 Å². The number of hydrogen-bond donors (Lipinski definition) is 2. The molecule has 104 valence electrons. The number of carboxylic acid groups (broad SMARTS) is 1. The van der Waals surface area contributed by atoms with E-state index < -0.39 is 23.3 Å². The van der Waals surface area contributed by atoms with Gasteiger partial charge in [-0.1, -0.05) is 38.4 Å². The van der Waals surface area contributed by atoms with Gasteiger partial charge < -0.3 is 10.4 Å². The lowest BCUT2D eigenvalue weighted by Gasteiger charge is -2.28. The molecule has 4 nitrogen and oxygen atoms in total. The third-order valence-corrected chi connectivity index (χ3v) is 3.31. The molecule has 0 fully saturated rings. The van der Waals surface area contributed by atoms with E-state index in [-0.39, 0.29) is 0 Å². The van der Waals surface area contributed by atoms with Crippen LogP contribution in [0.15, 0.2) is 18.2 Å². The molecule has 0 radical (unpaired) electrons. The van der Waals surface area contributed by atoms with Crippen molar-refractivity contribution in [2.24, 2.45) is 5.41 Å². The number of carbonyl (C=O) groups is 2. The summed E-state index contributed by atoms with van der Waals surface area (Å²) >= 11 is 5.95. The second-order valence-corrected chi connectivity index (χ2v) is 5.93. The molecule has 2 N–H and O–H groups in total. The van der Waals surface area contributed by atoms with Crippen LogP contribution in [-0.4, -0.2) is 23.0 Å². The molecule has 5 heteroatoms. The third-order valence-electron chi connectivity index (χ3n) is 2.90. The molecule has 0 aliphatic rings. The Balaban J connectivity index is 3.02. The van der Waals surface area contributed by atoms with Crippen molar-refractivity contribution in [2.45, 2.75) is 33.7 Å². The lowest BCUT2D eigenvalue weighted by molar-refractivity contribution is -0.142. The molecule has 0 unspecified atom stereocenters. The molecule has 0 bridgehead atoms. The third kappa shape index (κ3) is 3.70. The molecule has 0 heterocycles. The van der Waals surface area contributed by atoms with Gasteiger partial charge in [0.15, 0.2) is 0 Å². The normalized spacial score (nSPS) is 12.9. The van der Waals surface area contributed by atoms with E-state index in [1.54, 1.807) is 45.9 Å². The van der Waals surface area contributed by atoms with E-state index in [4.69, 9.17) is 11.6 Å². The molecule has 19 heavy (non-hydrogen) atoms. The van der Waals surface area contributed by atoms with E-state index in [0.29, 0.717) is 16.1 Å². The van der Waals surface area contributed by atoms with Crippen LogP contribution in [0.1, 0.15) is 36.7 Å². The summed E-state index contributed by atoms with van der Waals surface area (Å²) in [6.45, 7) is 7.01. The highest BCUT2D eigenvalue weighted by molar-refractivity contribution is 6.31. The summed E-state index contributed by atoms with van der Waals surface area (Å²) in [6, 6.07) is 4.01. The molecule has 1 aromatic rings. The number of aliphatic carboxylic acids is 1. The lowest BCUT2D eigenvalue weighted by Crippen LogP contribution is -2.49. The van der Waals surface area contributed by atoms with Crippen LogP contribution < -0.4 is 5.32 Å². The Hall–Kier alpha value is -1.55. The Bertz CT molecular complexity index is 506.